The number of carbonyl (C=O) groups is 1. The van der Waals surface area contributed by atoms with Gasteiger partial charge in [-0.25, -0.2) is 9.18 Å². The van der Waals surface area contributed by atoms with E-state index in [0.29, 0.717) is 30.2 Å². The molecule has 1 saturated heterocycles. The van der Waals surface area contributed by atoms with E-state index < -0.39 is 11.1 Å². The Kier molecular flexibility index (Phi) is 7.30. The lowest BCUT2D eigenvalue weighted by molar-refractivity contribution is -0.130. The molecular formula is C29H33FN4O4S. The summed E-state index contributed by atoms with van der Waals surface area (Å²) in [5.74, 6) is 0.471. The smallest absolute Gasteiger partial charge is 0.350 e. The predicted molar refractivity (Wildman–Crippen MR) is 152 cm³/mol. The average molecular weight is 553 g/mol. The molecule has 2 N–H and O–H groups in total. The van der Waals surface area contributed by atoms with Crippen LogP contribution in [0.1, 0.15) is 19.4 Å². The molecule has 3 aromatic rings. The molecule has 8 nitrogen and oxygen atoms in total. The molecule has 2 aliphatic heterocycles. The number of aromatic nitrogens is 2. The number of aliphatic hydroxyl groups is 2. The highest BCUT2D eigenvalue weighted by molar-refractivity contribution is 7.99. The van der Waals surface area contributed by atoms with E-state index in [2.05, 4.69) is 16.5 Å². The monoisotopic (exact) mass is 552 g/mol. The van der Waals surface area contributed by atoms with Crippen molar-refractivity contribution in [2.45, 2.75) is 44.3 Å². The largest absolute Gasteiger partial charge is 0.396 e. The van der Waals surface area contributed by atoms with Crippen LogP contribution in [0.5, 0.6) is 0 Å². The van der Waals surface area contributed by atoms with Crippen molar-refractivity contribution in [1.82, 2.24) is 14.5 Å². The van der Waals surface area contributed by atoms with Gasteiger partial charge in [0, 0.05) is 58.7 Å². The number of halogens is 1. The first-order valence-electron chi connectivity index (χ1n) is 13.0. The van der Waals surface area contributed by atoms with Crippen LogP contribution < -0.4 is 10.6 Å². The predicted octanol–water partition coefficient (Wildman–Crippen LogP) is 3.20. The van der Waals surface area contributed by atoms with E-state index in [9.17, 15) is 24.2 Å². The Bertz CT molecular complexity index is 1490. The van der Waals surface area contributed by atoms with E-state index in [1.807, 2.05) is 26.8 Å². The number of benzene rings is 2. The van der Waals surface area contributed by atoms with Crippen molar-refractivity contribution in [3.63, 3.8) is 0 Å². The van der Waals surface area contributed by atoms with Crippen LogP contribution >= 0.6 is 11.8 Å². The van der Waals surface area contributed by atoms with E-state index in [4.69, 9.17) is 0 Å². The zero-order chi connectivity index (χ0) is 28.1. The zero-order valence-electron chi connectivity index (χ0n) is 22.4. The second-order valence-electron chi connectivity index (χ2n) is 10.8. The van der Waals surface area contributed by atoms with Gasteiger partial charge < -0.3 is 20.0 Å². The van der Waals surface area contributed by atoms with E-state index in [1.165, 1.54) is 30.0 Å². The van der Waals surface area contributed by atoms with Crippen molar-refractivity contribution in [2.75, 3.05) is 37.0 Å². The molecule has 0 radical (unpaired) electrons. The summed E-state index contributed by atoms with van der Waals surface area (Å²) in [5, 5.41) is 21.3. The summed E-state index contributed by atoms with van der Waals surface area (Å²) >= 11 is 1.49. The van der Waals surface area contributed by atoms with Crippen molar-refractivity contribution in [3.8, 4) is 11.1 Å². The van der Waals surface area contributed by atoms with Crippen molar-refractivity contribution in [3.05, 3.63) is 64.9 Å². The minimum absolute atomic E-state index is 0.114. The first-order valence-corrected chi connectivity index (χ1v) is 14.0. The molecule has 206 valence electrons. The quantitative estimate of drug-likeness (QED) is 0.469. The highest BCUT2D eigenvalue weighted by Crippen LogP contribution is 2.46. The Morgan fingerprint density at radius 1 is 1.21 bits per heavy atom. The molecule has 2 aliphatic rings. The van der Waals surface area contributed by atoms with E-state index in [0.717, 1.165) is 27.0 Å². The van der Waals surface area contributed by atoms with Gasteiger partial charge in [-0.05, 0) is 56.2 Å². The van der Waals surface area contributed by atoms with Crippen LogP contribution in [0, 0.1) is 18.2 Å². The number of anilines is 1. The number of hydrogen-bond acceptors (Lipinski definition) is 7. The summed E-state index contributed by atoms with van der Waals surface area (Å²) in [6, 6.07) is 8.03. The molecule has 1 aromatic heterocycles. The summed E-state index contributed by atoms with van der Waals surface area (Å²) in [7, 11) is 0. The van der Waals surface area contributed by atoms with Gasteiger partial charge >= 0.3 is 5.69 Å². The Labute approximate surface area is 230 Å². The van der Waals surface area contributed by atoms with Gasteiger partial charge in [0.15, 0.2) is 0 Å². The fourth-order valence-corrected chi connectivity index (χ4v) is 7.41. The molecule has 0 spiro atoms. The molecule has 39 heavy (non-hydrogen) atoms. The summed E-state index contributed by atoms with van der Waals surface area (Å²) < 4.78 is 15.4. The van der Waals surface area contributed by atoms with Gasteiger partial charge in [0.1, 0.15) is 11.6 Å². The second-order valence-corrected chi connectivity index (χ2v) is 11.7. The SMILES string of the molecule is C=CC(=O)N1[C@H](C)CN(c2nc(=O)n3c4c(c(-c5ccc(F)cc5)c(C)cc24)SCC(CO)(CO)C3)C[C@@H]1C. The number of aryl methyl sites for hydroxylation is 1. The van der Waals surface area contributed by atoms with Crippen molar-refractivity contribution >= 4 is 34.4 Å². The van der Waals surface area contributed by atoms with Crippen LogP contribution in [0.15, 0.2) is 52.7 Å². The number of aliphatic hydroxyl groups excluding tert-OH is 2. The highest BCUT2D eigenvalue weighted by Gasteiger charge is 2.38. The van der Waals surface area contributed by atoms with Gasteiger partial charge in [0.2, 0.25) is 5.91 Å². The molecule has 0 bridgehead atoms. The second kappa shape index (κ2) is 10.4. The minimum Gasteiger partial charge on any atom is -0.396 e. The lowest BCUT2D eigenvalue weighted by Crippen LogP contribution is -2.58. The molecular weight excluding hydrogens is 519 g/mol. The van der Waals surface area contributed by atoms with Crippen molar-refractivity contribution in [1.29, 1.82) is 0 Å². The number of carbonyl (C=O) groups excluding carboxylic acids is 1. The summed E-state index contributed by atoms with van der Waals surface area (Å²) in [5.41, 5.74) is 1.94. The average Bonchev–Trinajstić information content (AvgIpc) is 3.09. The van der Waals surface area contributed by atoms with Gasteiger partial charge in [0.25, 0.3) is 0 Å². The third-order valence-electron chi connectivity index (χ3n) is 7.86. The lowest BCUT2D eigenvalue weighted by atomic mass is 9.92. The normalized spacial score (nSPS) is 20.7. The number of piperazine rings is 1. The molecule has 0 aliphatic carbocycles. The fourth-order valence-electron chi connectivity index (χ4n) is 5.91. The summed E-state index contributed by atoms with van der Waals surface area (Å²) in [4.78, 5) is 35.4. The molecule has 1 fully saturated rings. The van der Waals surface area contributed by atoms with Crippen molar-refractivity contribution in [2.24, 2.45) is 5.41 Å². The number of amides is 1. The van der Waals surface area contributed by atoms with Crippen LogP contribution in [0.3, 0.4) is 0 Å². The summed E-state index contributed by atoms with van der Waals surface area (Å²) in [6.45, 7) is 10.1. The summed E-state index contributed by atoms with van der Waals surface area (Å²) in [6.07, 6.45) is 1.32. The molecule has 1 amide bonds. The molecule has 5 rings (SSSR count). The maximum absolute atomic E-state index is 13.8. The van der Waals surface area contributed by atoms with Gasteiger partial charge in [-0.1, -0.05) is 18.7 Å². The first kappa shape index (κ1) is 27.4. The zero-order valence-corrected chi connectivity index (χ0v) is 23.2. The fraction of sp³-hybridized carbons (Fsp3) is 0.414. The molecule has 3 heterocycles. The highest BCUT2D eigenvalue weighted by atomic mass is 32.2. The van der Waals surface area contributed by atoms with Crippen LogP contribution in [0.4, 0.5) is 10.2 Å². The topological polar surface area (TPSA) is 98.9 Å². The minimum atomic E-state index is -0.919. The Morgan fingerprint density at radius 3 is 2.44 bits per heavy atom. The van der Waals surface area contributed by atoms with Crippen LogP contribution in [-0.4, -0.2) is 74.7 Å². The molecule has 10 heteroatoms. The third kappa shape index (κ3) is 4.64. The number of rotatable bonds is 5. The van der Waals surface area contributed by atoms with E-state index in [-0.39, 0.29) is 43.6 Å². The van der Waals surface area contributed by atoms with Gasteiger partial charge in [-0.2, -0.15) is 4.98 Å². The van der Waals surface area contributed by atoms with Gasteiger partial charge in [-0.15, -0.1) is 11.8 Å². The Balaban J connectivity index is 1.75. The molecule has 0 saturated carbocycles. The van der Waals surface area contributed by atoms with Crippen molar-refractivity contribution < 1.29 is 19.4 Å². The van der Waals surface area contributed by atoms with Crippen LogP contribution in [0.2, 0.25) is 0 Å². The van der Waals surface area contributed by atoms with Gasteiger partial charge in [0.05, 0.1) is 18.7 Å². The molecule has 2 atom stereocenters. The molecule has 0 unspecified atom stereocenters. The number of nitrogens with zero attached hydrogens (tertiary/aromatic N) is 4. The third-order valence-corrected chi connectivity index (χ3v) is 9.31. The lowest BCUT2D eigenvalue weighted by Gasteiger charge is -2.44. The number of hydrogen-bond donors (Lipinski definition) is 2. The van der Waals surface area contributed by atoms with E-state index in [1.54, 1.807) is 21.6 Å². The van der Waals surface area contributed by atoms with Gasteiger partial charge in [-0.3, -0.25) is 9.36 Å². The number of thioether (sulfide) groups is 1. The van der Waals surface area contributed by atoms with E-state index >= 15 is 0 Å². The van der Waals surface area contributed by atoms with Crippen LogP contribution in [0.25, 0.3) is 22.0 Å². The maximum atomic E-state index is 13.8. The standard InChI is InChI=1S/C29H33FN4O4S/c1-5-23(37)34-18(3)11-32(12-19(34)4)27-22-10-17(2)24(20-6-8-21(30)9-7-20)26-25(22)33(28(38)31-27)13-29(14-35,15-36)16-39-26/h5-10,18-19,35-36H,1,11-16H2,2-4H3/t18-,19+. The molecule has 2 aromatic carbocycles. The maximum Gasteiger partial charge on any atom is 0.350 e. The Hall–Kier alpha value is -3.21. The first-order chi connectivity index (χ1) is 18.6. The van der Waals surface area contributed by atoms with Crippen LogP contribution in [-0.2, 0) is 11.3 Å². The Morgan fingerprint density at radius 2 is 1.85 bits per heavy atom.